The highest BCUT2D eigenvalue weighted by Gasteiger charge is 2.51. The molecule has 2 amide bonds. The lowest BCUT2D eigenvalue weighted by molar-refractivity contribution is -0.157. The molecule has 1 atom stereocenters. The van der Waals surface area contributed by atoms with Crippen LogP contribution in [0.1, 0.15) is 51.9 Å². The van der Waals surface area contributed by atoms with Crippen molar-refractivity contribution < 1.29 is 19.1 Å². The van der Waals surface area contributed by atoms with Crippen molar-refractivity contribution in [2.24, 2.45) is 23.2 Å². The molecule has 6 heteroatoms. The largest absolute Gasteiger partial charge is 0.451 e. The number of likely N-dealkylation sites (N-methyl/N-ethyl adjacent to an activating group) is 1. The summed E-state index contributed by atoms with van der Waals surface area (Å²) in [5.74, 6) is 1.52. The fraction of sp³-hybridized carbons (Fsp3) is 0.842. The molecule has 4 fully saturated rings. The number of nitrogens with one attached hydrogen (secondary N) is 1. The highest BCUT2D eigenvalue weighted by atomic mass is 16.5. The van der Waals surface area contributed by atoms with Gasteiger partial charge in [0.25, 0.3) is 5.91 Å². The average molecular weight is 350 g/mol. The second-order valence-corrected chi connectivity index (χ2v) is 8.74. The van der Waals surface area contributed by atoms with Crippen LogP contribution in [0.2, 0.25) is 0 Å². The molecule has 0 aliphatic heterocycles. The summed E-state index contributed by atoms with van der Waals surface area (Å²) >= 11 is 0. The Balaban J connectivity index is 1.44. The standard InChI is InChI=1S/C19H30N2O4/c1-12(18(24)21(2)3)25-17(23)11-20-16(22)10-19-7-13-4-14(8-19)6-15(5-13)9-19/h12-15H,4-11H2,1-3H3,(H,20,22). The molecule has 0 radical (unpaired) electrons. The predicted octanol–water partition coefficient (Wildman–Crippen LogP) is 1.73. The third-order valence-electron chi connectivity index (χ3n) is 6.23. The van der Waals surface area contributed by atoms with Crippen LogP contribution in [0.15, 0.2) is 0 Å². The maximum absolute atomic E-state index is 12.4. The van der Waals surface area contributed by atoms with Crippen LogP contribution in [0.25, 0.3) is 0 Å². The zero-order valence-electron chi connectivity index (χ0n) is 15.5. The molecule has 25 heavy (non-hydrogen) atoms. The highest BCUT2D eigenvalue weighted by molar-refractivity contribution is 5.85. The number of rotatable bonds is 6. The van der Waals surface area contributed by atoms with Gasteiger partial charge in [0.15, 0.2) is 6.10 Å². The zero-order valence-corrected chi connectivity index (χ0v) is 15.5. The molecule has 0 spiro atoms. The number of carbonyl (C=O) groups excluding carboxylic acids is 3. The van der Waals surface area contributed by atoms with Crippen LogP contribution in [-0.4, -0.2) is 49.4 Å². The van der Waals surface area contributed by atoms with E-state index in [0.29, 0.717) is 6.42 Å². The lowest BCUT2D eigenvalue weighted by Crippen LogP contribution is -2.48. The van der Waals surface area contributed by atoms with Crippen molar-refractivity contribution in [1.82, 2.24) is 10.2 Å². The second kappa shape index (κ2) is 6.96. The van der Waals surface area contributed by atoms with E-state index in [1.54, 1.807) is 14.1 Å². The van der Waals surface area contributed by atoms with Crippen molar-refractivity contribution in [3.63, 3.8) is 0 Å². The van der Waals surface area contributed by atoms with E-state index in [4.69, 9.17) is 4.74 Å². The minimum absolute atomic E-state index is 0.0644. The van der Waals surface area contributed by atoms with Crippen molar-refractivity contribution in [2.45, 2.75) is 58.0 Å². The third kappa shape index (κ3) is 4.15. The van der Waals surface area contributed by atoms with Gasteiger partial charge in [-0.2, -0.15) is 0 Å². The molecule has 0 aromatic heterocycles. The highest BCUT2D eigenvalue weighted by Crippen LogP contribution is 2.61. The molecule has 4 aliphatic rings. The second-order valence-electron chi connectivity index (χ2n) is 8.74. The van der Waals surface area contributed by atoms with E-state index < -0.39 is 12.1 Å². The van der Waals surface area contributed by atoms with Crippen LogP contribution >= 0.6 is 0 Å². The number of ether oxygens (including phenoxy) is 1. The summed E-state index contributed by atoms with van der Waals surface area (Å²) in [6.07, 6.45) is 7.26. The Bertz CT molecular complexity index is 522. The summed E-state index contributed by atoms with van der Waals surface area (Å²) in [5, 5.41) is 2.69. The van der Waals surface area contributed by atoms with Gasteiger partial charge in [0.2, 0.25) is 5.91 Å². The Morgan fingerprint density at radius 3 is 2.08 bits per heavy atom. The first-order chi connectivity index (χ1) is 11.8. The maximum atomic E-state index is 12.4. The number of hydrogen-bond acceptors (Lipinski definition) is 4. The monoisotopic (exact) mass is 350 g/mol. The minimum atomic E-state index is -0.831. The number of amides is 2. The molecule has 0 heterocycles. The van der Waals surface area contributed by atoms with Crippen molar-refractivity contribution in [3.05, 3.63) is 0 Å². The molecule has 6 nitrogen and oxygen atoms in total. The lowest BCUT2D eigenvalue weighted by Gasteiger charge is -2.56. The van der Waals surface area contributed by atoms with Gasteiger partial charge in [0.05, 0.1) is 0 Å². The first kappa shape index (κ1) is 18.2. The van der Waals surface area contributed by atoms with Gasteiger partial charge < -0.3 is 15.0 Å². The molecule has 4 aliphatic carbocycles. The smallest absolute Gasteiger partial charge is 0.326 e. The molecular formula is C19H30N2O4. The summed E-state index contributed by atoms with van der Waals surface area (Å²) in [5.41, 5.74) is 0.164. The first-order valence-electron chi connectivity index (χ1n) is 9.44. The van der Waals surface area contributed by atoms with E-state index in [2.05, 4.69) is 5.32 Å². The Morgan fingerprint density at radius 1 is 1.08 bits per heavy atom. The number of nitrogens with zero attached hydrogens (tertiary/aromatic N) is 1. The molecule has 4 saturated carbocycles. The first-order valence-corrected chi connectivity index (χ1v) is 9.44. The Morgan fingerprint density at radius 2 is 1.60 bits per heavy atom. The van der Waals surface area contributed by atoms with Gasteiger partial charge in [-0.25, -0.2) is 0 Å². The van der Waals surface area contributed by atoms with Crippen molar-refractivity contribution in [1.29, 1.82) is 0 Å². The fourth-order valence-corrected chi connectivity index (χ4v) is 5.73. The van der Waals surface area contributed by atoms with E-state index in [1.807, 2.05) is 0 Å². The molecule has 140 valence electrons. The van der Waals surface area contributed by atoms with E-state index in [0.717, 1.165) is 17.8 Å². The molecule has 0 aromatic rings. The lowest BCUT2D eigenvalue weighted by atomic mass is 9.49. The Hall–Kier alpha value is -1.59. The average Bonchev–Trinajstić information content (AvgIpc) is 2.50. The summed E-state index contributed by atoms with van der Waals surface area (Å²) in [7, 11) is 3.22. The Labute approximate surface area is 149 Å². The number of carbonyl (C=O) groups is 3. The van der Waals surface area contributed by atoms with Gasteiger partial charge in [-0.1, -0.05) is 0 Å². The Kier molecular flexibility index (Phi) is 5.07. The maximum Gasteiger partial charge on any atom is 0.326 e. The van der Waals surface area contributed by atoms with E-state index >= 15 is 0 Å². The molecular weight excluding hydrogens is 320 g/mol. The van der Waals surface area contributed by atoms with Gasteiger partial charge in [-0.3, -0.25) is 14.4 Å². The van der Waals surface area contributed by atoms with E-state index in [-0.39, 0.29) is 23.8 Å². The van der Waals surface area contributed by atoms with Gasteiger partial charge in [0, 0.05) is 20.5 Å². The predicted molar refractivity (Wildman–Crippen MR) is 92.5 cm³/mol. The van der Waals surface area contributed by atoms with Gasteiger partial charge in [-0.15, -0.1) is 0 Å². The molecule has 4 rings (SSSR count). The van der Waals surface area contributed by atoms with Crippen LogP contribution in [0.5, 0.6) is 0 Å². The quantitative estimate of drug-likeness (QED) is 0.740. The number of esters is 1. The topological polar surface area (TPSA) is 75.7 Å². The van der Waals surface area contributed by atoms with Crippen molar-refractivity contribution in [2.75, 3.05) is 20.6 Å². The minimum Gasteiger partial charge on any atom is -0.451 e. The fourth-order valence-electron chi connectivity index (χ4n) is 5.73. The summed E-state index contributed by atoms with van der Waals surface area (Å²) in [6.45, 7) is 1.37. The van der Waals surface area contributed by atoms with Gasteiger partial charge >= 0.3 is 5.97 Å². The molecule has 1 N–H and O–H groups in total. The summed E-state index contributed by atoms with van der Waals surface area (Å²) in [4.78, 5) is 37.3. The van der Waals surface area contributed by atoms with Crippen LogP contribution in [-0.2, 0) is 19.1 Å². The molecule has 1 unspecified atom stereocenters. The van der Waals surface area contributed by atoms with Crippen LogP contribution in [0, 0.1) is 23.2 Å². The number of hydrogen-bond donors (Lipinski definition) is 1. The normalized spacial score (nSPS) is 33.6. The summed E-state index contributed by atoms with van der Waals surface area (Å²) < 4.78 is 5.07. The zero-order chi connectivity index (χ0) is 18.2. The van der Waals surface area contributed by atoms with Crippen molar-refractivity contribution >= 4 is 17.8 Å². The SMILES string of the molecule is CC(OC(=O)CNC(=O)CC12CC3CC(CC(C3)C1)C2)C(=O)N(C)C. The van der Waals surface area contributed by atoms with Gasteiger partial charge in [0.1, 0.15) is 6.54 Å². The van der Waals surface area contributed by atoms with Crippen molar-refractivity contribution in [3.8, 4) is 0 Å². The molecule has 4 bridgehead atoms. The van der Waals surface area contributed by atoms with Crippen LogP contribution in [0.3, 0.4) is 0 Å². The molecule has 0 aromatic carbocycles. The summed E-state index contributed by atoms with van der Waals surface area (Å²) in [6, 6.07) is 0. The van der Waals surface area contributed by atoms with E-state index in [9.17, 15) is 14.4 Å². The van der Waals surface area contributed by atoms with E-state index in [1.165, 1.54) is 50.3 Å². The van der Waals surface area contributed by atoms with Crippen LogP contribution < -0.4 is 5.32 Å². The third-order valence-corrected chi connectivity index (χ3v) is 6.23. The van der Waals surface area contributed by atoms with Gasteiger partial charge in [-0.05, 0) is 68.6 Å². The van der Waals surface area contributed by atoms with Crippen LogP contribution in [0.4, 0.5) is 0 Å². The molecule has 0 saturated heterocycles.